The van der Waals surface area contributed by atoms with Crippen molar-refractivity contribution in [3.8, 4) is 0 Å². The third-order valence-corrected chi connectivity index (χ3v) is 4.25. The number of aromatic nitrogens is 1. The standard InChI is InChI=1S/C16H27FN4/c1-4-7-19-16(13-6-8-18-11-14(13)17)15-12-20(2)9-5-10-21(15)3/h6,8,11,15-16,19H,4-5,7,9-10,12H2,1-3H3. The predicted molar refractivity (Wildman–Crippen MR) is 83.8 cm³/mol. The van der Waals surface area contributed by atoms with Crippen LogP contribution in [0.4, 0.5) is 4.39 Å². The number of pyridine rings is 1. The molecule has 2 rings (SSSR count). The average molecular weight is 294 g/mol. The van der Waals surface area contributed by atoms with Crippen molar-refractivity contribution in [3.05, 3.63) is 29.8 Å². The molecule has 118 valence electrons. The van der Waals surface area contributed by atoms with Gasteiger partial charge in [-0.3, -0.25) is 4.98 Å². The van der Waals surface area contributed by atoms with Crippen molar-refractivity contribution < 1.29 is 4.39 Å². The van der Waals surface area contributed by atoms with E-state index >= 15 is 0 Å². The smallest absolute Gasteiger partial charge is 0.146 e. The van der Waals surface area contributed by atoms with E-state index in [4.69, 9.17) is 0 Å². The molecule has 0 spiro atoms. The first-order valence-corrected chi connectivity index (χ1v) is 7.85. The van der Waals surface area contributed by atoms with Gasteiger partial charge in [0.15, 0.2) is 0 Å². The molecule has 1 N–H and O–H groups in total. The SMILES string of the molecule is CCCNC(c1ccncc1F)C1CN(C)CCCN1C. The summed E-state index contributed by atoms with van der Waals surface area (Å²) in [6, 6.07) is 2.07. The van der Waals surface area contributed by atoms with E-state index in [0.29, 0.717) is 0 Å². The van der Waals surface area contributed by atoms with E-state index in [9.17, 15) is 4.39 Å². The van der Waals surface area contributed by atoms with Crippen molar-refractivity contribution in [3.63, 3.8) is 0 Å². The van der Waals surface area contributed by atoms with E-state index in [0.717, 1.165) is 44.6 Å². The quantitative estimate of drug-likeness (QED) is 0.899. The number of nitrogens with zero attached hydrogens (tertiary/aromatic N) is 3. The van der Waals surface area contributed by atoms with Crippen LogP contribution in [0, 0.1) is 5.82 Å². The summed E-state index contributed by atoms with van der Waals surface area (Å²) >= 11 is 0. The fourth-order valence-electron chi connectivity index (χ4n) is 3.06. The van der Waals surface area contributed by atoms with Crippen LogP contribution >= 0.6 is 0 Å². The van der Waals surface area contributed by atoms with Crippen molar-refractivity contribution in [1.29, 1.82) is 0 Å². The second kappa shape index (κ2) is 7.82. The topological polar surface area (TPSA) is 31.4 Å². The van der Waals surface area contributed by atoms with Gasteiger partial charge in [-0.2, -0.15) is 0 Å². The summed E-state index contributed by atoms with van der Waals surface area (Å²) in [7, 11) is 4.29. The summed E-state index contributed by atoms with van der Waals surface area (Å²) in [6.45, 7) is 6.11. The first kappa shape index (κ1) is 16.3. The van der Waals surface area contributed by atoms with Gasteiger partial charge in [-0.05, 0) is 52.6 Å². The van der Waals surface area contributed by atoms with Crippen LogP contribution in [-0.4, -0.2) is 61.1 Å². The normalized spacial score (nSPS) is 23.0. The zero-order valence-corrected chi connectivity index (χ0v) is 13.3. The predicted octanol–water partition coefficient (Wildman–Crippen LogP) is 1.90. The van der Waals surface area contributed by atoms with Gasteiger partial charge in [0.25, 0.3) is 0 Å². The third-order valence-electron chi connectivity index (χ3n) is 4.25. The van der Waals surface area contributed by atoms with Gasteiger partial charge in [-0.25, -0.2) is 4.39 Å². The van der Waals surface area contributed by atoms with E-state index in [2.05, 4.69) is 41.1 Å². The molecule has 1 aromatic rings. The molecule has 0 saturated carbocycles. The zero-order valence-electron chi connectivity index (χ0n) is 13.3. The van der Waals surface area contributed by atoms with Crippen LogP contribution in [0.1, 0.15) is 31.4 Å². The molecule has 1 aromatic heterocycles. The van der Waals surface area contributed by atoms with Crippen LogP contribution in [0.2, 0.25) is 0 Å². The molecular formula is C16H27FN4. The van der Waals surface area contributed by atoms with E-state index in [1.807, 2.05) is 0 Å². The van der Waals surface area contributed by atoms with E-state index in [1.54, 1.807) is 12.3 Å². The van der Waals surface area contributed by atoms with Crippen molar-refractivity contribution in [1.82, 2.24) is 20.1 Å². The first-order chi connectivity index (χ1) is 10.1. The fourth-order valence-corrected chi connectivity index (χ4v) is 3.06. The Bertz CT molecular complexity index is 440. The van der Waals surface area contributed by atoms with E-state index in [1.165, 1.54) is 6.20 Å². The maximum Gasteiger partial charge on any atom is 0.146 e. The molecule has 0 radical (unpaired) electrons. The second-order valence-corrected chi connectivity index (χ2v) is 5.99. The summed E-state index contributed by atoms with van der Waals surface area (Å²) in [5, 5.41) is 3.54. The van der Waals surface area contributed by atoms with Crippen molar-refractivity contribution in [2.45, 2.75) is 31.8 Å². The first-order valence-electron chi connectivity index (χ1n) is 7.85. The van der Waals surface area contributed by atoms with Crippen LogP contribution in [0.25, 0.3) is 0 Å². The second-order valence-electron chi connectivity index (χ2n) is 5.99. The van der Waals surface area contributed by atoms with Crippen molar-refractivity contribution >= 4 is 0 Å². The zero-order chi connectivity index (χ0) is 15.2. The highest BCUT2D eigenvalue weighted by Gasteiger charge is 2.30. The Morgan fingerprint density at radius 1 is 1.43 bits per heavy atom. The van der Waals surface area contributed by atoms with Gasteiger partial charge < -0.3 is 15.1 Å². The summed E-state index contributed by atoms with van der Waals surface area (Å²) in [6.07, 6.45) is 5.19. The highest BCUT2D eigenvalue weighted by molar-refractivity contribution is 5.20. The summed E-state index contributed by atoms with van der Waals surface area (Å²) in [5.74, 6) is -0.216. The third kappa shape index (κ3) is 4.22. The molecule has 1 aliphatic rings. The largest absolute Gasteiger partial charge is 0.309 e. The Balaban J connectivity index is 2.27. The van der Waals surface area contributed by atoms with E-state index in [-0.39, 0.29) is 17.9 Å². The molecule has 0 amide bonds. The van der Waals surface area contributed by atoms with Crippen LogP contribution in [0.15, 0.2) is 18.5 Å². The minimum atomic E-state index is -0.216. The lowest BCUT2D eigenvalue weighted by Crippen LogP contribution is -2.47. The van der Waals surface area contributed by atoms with Crippen molar-refractivity contribution in [2.75, 3.05) is 40.3 Å². The van der Waals surface area contributed by atoms with Gasteiger partial charge in [0, 0.05) is 24.3 Å². The molecule has 5 heteroatoms. The molecule has 0 aromatic carbocycles. The van der Waals surface area contributed by atoms with Gasteiger partial charge in [0.2, 0.25) is 0 Å². The minimum Gasteiger partial charge on any atom is -0.309 e. The van der Waals surface area contributed by atoms with Crippen LogP contribution in [0.5, 0.6) is 0 Å². The Kier molecular flexibility index (Phi) is 6.08. The molecule has 0 bridgehead atoms. The summed E-state index contributed by atoms with van der Waals surface area (Å²) in [4.78, 5) is 8.58. The molecule has 1 fully saturated rings. The molecule has 2 heterocycles. The van der Waals surface area contributed by atoms with Gasteiger partial charge in [0.1, 0.15) is 5.82 Å². The molecule has 2 unspecified atom stereocenters. The molecule has 1 aliphatic heterocycles. The maximum absolute atomic E-state index is 14.2. The minimum absolute atomic E-state index is 0.00139. The number of nitrogens with one attached hydrogen (secondary N) is 1. The Hall–Kier alpha value is -1.04. The average Bonchev–Trinajstić information content (AvgIpc) is 2.63. The highest BCUT2D eigenvalue weighted by atomic mass is 19.1. The van der Waals surface area contributed by atoms with E-state index < -0.39 is 0 Å². The summed E-state index contributed by atoms with van der Waals surface area (Å²) < 4.78 is 14.2. The van der Waals surface area contributed by atoms with Crippen molar-refractivity contribution in [2.24, 2.45) is 0 Å². The number of rotatable bonds is 5. The monoisotopic (exact) mass is 294 g/mol. The Morgan fingerprint density at radius 2 is 2.24 bits per heavy atom. The molecule has 0 aliphatic carbocycles. The van der Waals surface area contributed by atoms with Crippen LogP contribution < -0.4 is 5.32 Å². The number of halogens is 1. The lowest BCUT2D eigenvalue weighted by molar-refractivity contribution is 0.176. The lowest BCUT2D eigenvalue weighted by Gasteiger charge is -2.35. The maximum atomic E-state index is 14.2. The highest BCUT2D eigenvalue weighted by Crippen LogP contribution is 2.25. The Morgan fingerprint density at radius 3 is 2.95 bits per heavy atom. The van der Waals surface area contributed by atoms with Crippen LogP contribution in [-0.2, 0) is 0 Å². The Labute approximate surface area is 127 Å². The molecule has 4 nitrogen and oxygen atoms in total. The number of likely N-dealkylation sites (N-methyl/N-ethyl adjacent to an activating group) is 2. The van der Waals surface area contributed by atoms with Gasteiger partial charge >= 0.3 is 0 Å². The molecule has 1 saturated heterocycles. The lowest BCUT2D eigenvalue weighted by atomic mass is 9.98. The van der Waals surface area contributed by atoms with Gasteiger partial charge in [-0.15, -0.1) is 0 Å². The molecular weight excluding hydrogens is 267 g/mol. The van der Waals surface area contributed by atoms with Gasteiger partial charge in [-0.1, -0.05) is 6.92 Å². The molecule has 21 heavy (non-hydrogen) atoms. The molecule has 2 atom stereocenters. The summed E-state index contributed by atoms with van der Waals surface area (Å²) in [5.41, 5.74) is 0.727. The number of hydrogen-bond donors (Lipinski definition) is 1. The van der Waals surface area contributed by atoms with Gasteiger partial charge in [0.05, 0.1) is 12.2 Å². The number of hydrogen-bond acceptors (Lipinski definition) is 4. The van der Waals surface area contributed by atoms with Crippen LogP contribution in [0.3, 0.4) is 0 Å². The fraction of sp³-hybridized carbons (Fsp3) is 0.688.